The zero-order valence-corrected chi connectivity index (χ0v) is 14.8. The number of allylic oxidation sites excluding steroid dienone is 2. The standard InChI is InChI=1S/C22H25NO2/c1-13-2-5-15-10-18-17-7-6-16(12-24)21-22(17,19(15)20(13)25-21)8-9-23(18)11-14-3-4-14/h2,5-7,14,18,21,24H,3-4,8-12H2,1H3/t18-,21+,22+/m0/s1. The molecule has 5 aliphatic rings. The number of aliphatic hydroxyl groups is 1. The Balaban J connectivity index is 1.57. The van der Waals surface area contributed by atoms with Crippen molar-refractivity contribution in [1.29, 1.82) is 0 Å². The molecule has 130 valence electrons. The monoisotopic (exact) mass is 335 g/mol. The Bertz CT molecular complexity index is 835. The zero-order chi connectivity index (χ0) is 16.8. The highest BCUT2D eigenvalue weighted by molar-refractivity contribution is 5.66. The fourth-order valence-corrected chi connectivity index (χ4v) is 5.92. The van der Waals surface area contributed by atoms with E-state index in [9.17, 15) is 5.11 Å². The molecule has 2 heterocycles. The second-order valence-electron chi connectivity index (χ2n) is 8.64. The second-order valence-corrected chi connectivity index (χ2v) is 8.64. The third-order valence-corrected chi connectivity index (χ3v) is 7.28. The Morgan fingerprint density at radius 1 is 1.28 bits per heavy atom. The van der Waals surface area contributed by atoms with E-state index in [-0.39, 0.29) is 18.1 Å². The number of rotatable bonds is 3. The summed E-state index contributed by atoms with van der Waals surface area (Å²) in [6, 6.07) is 5.07. The molecule has 6 rings (SSSR count). The maximum atomic E-state index is 9.95. The van der Waals surface area contributed by atoms with Gasteiger partial charge < -0.3 is 9.84 Å². The first-order valence-electron chi connectivity index (χ1n) is 9.78. The van der Waals surface area contributed by atoms with Crippen molar-refractivity contribution >= 4 is 0 Å². The molecule has 25 heavy (non-hydrogen) atoms. The lowest BCUT2D eigenvalue weighted by Gasteiger charge is -2.54. The number of hydrogen-bond acceptors (Lipinski definition) is 3. The van der Waals surface area contributed by atoms with E-state index in [1.54, 1.807) is 5.57 Å². The van der Waals surface area contributed by atoms with Crippen molar-refractivity contribution in [2.24, 2.45) is 5.92 Å². The highest BCUT2D eigenvalue weighted by Crippen LogP contribution is 2.61. The first-order chi connectivity index (χ1) is 12.2. The number of ether oxygens (including phenoxy) is 1. The normalized spacial score (nSPS) is 35.0. The molecule has 3 atom stereocenters. The van der Waals surface area contributed by atoms with Crippen molar-refractivity contribution in [2.45, 2.75) is 50.2 Å². The van der Waals surface area contributed by atoms with Gasteiger partial charge in [-0.1, -0.05) is 24.3 Å². The highest BCUT2D eigenvalue weighted by Gasteiger charge is 2.61. The van der Waals surface area contributed by atoms with Crippen molar-refractivity contribution < 1.29 is 9.84 Å². The maximum Gasteiger partial charge on any atom is 0.136 e. The lowest BCUT2D eigenvalue weighted by atomic mass is 9.56. The van der Waals surface area contributed by atoms with Gasteiger partial charge in [-0.15, -0.1) is 0 Å². The molecule has 2 aliphatic heterocycles. The lowest BCUT2D eigenvalue weighted by molar-refractivity contribution is 0.0866. The van der Waals surface area contributed by atoms with Gasteiger partial charge >= 0.3 is 0 Å². The van der Waals surface area contributed by atoms with Gasteiger partial charge in [0.05, 0.1) is 12.0 Å². The van der Waals surface area contributed by atoms with E-state index in [2.05, 4.69) is 36.1 Å². The SMILES string of the molecule is Cc1ccc2c3c1O[C@@H]1C(CO)=CC=C4[C@H](C2)N(CC2CC2)CC[C@@]431. The van der Waals surface area contributed by atoms with Crippen LogP contribution in [0.1, 0.15) is 36.0 Å². The van der Waals surface area contributed by atoms with E-state index < -0.39 is 0 Å². The van der Waals surface area contributed by atoms with E-state index in [1.165, 1.54) is 36.1 Å². The molecule has 1 saturated carbocycles. The van der Waals surface area contributed by atoms with Crippen LogP contribution in [0.4, 0.5) is 0 Å². The van der Waals surface area contributed by atoms with Gasteiger partial charge in [-0.2, -0.15) is 0 Å². The molecule has 1 aromatic rings. The molecule has 1 spiro atoms. The van der Waals surface area contributed by atoms with Crippen LogP contribution < -0.4 is 4.74 Å². The van der Waals surface area contributed by atoms with Gasteiger partial charge in [0.15, 0.2) is 0 Å². The quantitative estimate of drug-likeness (QED) is 0.922. The average Bonchev–Trinajstić information content (AvgIpc) is 3.37. The Morgan fingerprint density at radius 2 is 2.16 bits per heavy atom. The number of piperidine rings is 1. The molecule has 3 aliphatic carbocycles. The minimum Gasteiger partial charge on any atom is -0.484 e. The van der Waals surface area contributed by atoms with Crippen LogP contribution >= 0.6 is 0 Å². The minimum atomic E-state index is -0.0214. The largest absolute Gasteiger partial charge is 0.484 e. The van der Waals surface area contributed by atoms with Crippen LogP contribution in [0, 0.1) is 12.8 Å². The molecule has 2 fully saturated rings. The molecule has 1 N–H and O–H groups in total. The summed E-state index contributed by atoms with van der Waals surface area (Å²) in [5.41, 5.74) is 6.74. The maximum absolute atomic E-state index is 9.95. The number of hydrogen-bond donors (Lipinski definition) is 1. The smallest absolute Gasteiger partial charge is 0.136 e. The Kier molecular flexibility index (Phi) is 2.78. The summed E-state index contributed by atoms with van der Waals surface area (Å²) in [6.07, 6.45) is 9.52. The van der Waals surface area contributed by atoms with Crippen LogP contribution in [0.3, 0.4) is 0 Å². The Hall–Kier alpha value is -1.58. The molecule has 1 saturated heterocycles. The summed E-state index contributed by atoms with van der Waals surface area (Å²) in [6.45, 7) is 4.66. The molecule has 0 radical (unpaired) electrons. The first kappa shape index (κ1) is 14.6. The lowest BCUT2D eigenvalue weighted by Crippen LogP contribution is -2.59. The summed E-state index contributed by atoms with van der Waals surface area (Å²) < 4.78 is 6.55. The third kappa shape index (κ3) is 1.73. The molecular formula is C22H25NO2. The second kappa shape index (κ2) is 4.77. The van der Waals surface area contributed by atoms with Gasteiger partial charge in [-0.25, -0.2) is 0 Å². The fraction of sp³-hybridized carbons (Fsp3) is 0.545. The predicted molar refractivity (Wildman–Crippen MR) is 96.9 cm³/mol. The van der Waals surface area contributed by atoms with Gasteiger partial charge in [-0.05, 0) is 60.8 Å². The number of likely N-dealkylation sites (tertiary alicyclic amines) is 1. The van der Waals surface area contributed by atoms with E-state index in [1.807, 2.05) is 0 Å². The van der Waals surface area contributed by atoms with Crippen LogP contribution in [0.25, 0.3) is 0 Å². The summed E-state index contributed by atoms with van der Waals surface area (Å²) in [7, 11) is 0. The van der Waals surface area contributed by atoms with E-state index in [0.717, 1.165) is 36.6 Å². The van der Waals surface area contributed by atoms with E-state index in [0.29, 0.717) is 6.04 Å². The first-order valence-corrected chi connectivity index (χ1v) is 9.78. The van der Waals surface area contributed by atoms with E-state index >= 15 is 0 Å². The summed E-state index contributed by atoms with van der Waals surface area (Å²) in [5.74, 6) is 2.02. The molecular weight excluding hydrogens is 310 g/mol. The van der Waals surface area contributed by atoms with Crippen LogP contribution in [0.15, 0.2) is 35.4 Å². The van der Waals surface area contributed by atoms with E-state index in [4.69, 9.17) is 4.74 Å². The van der Waals surface area contributed by atoms with Crippen LogP contribution in [-0.4, -0.2) is 41.8 Å². The number of nitrogens with zero attached hydrogens (tertiary/aromatic N) is 1. The van der Waals surface area contributed by atoms with Crippen LogP contribution in [0.2, 0.25) is 0 Å². The van der Waals surface area contributed by atoms with Gasteiger partial charge in [0.2, 0.25) is 0 Å². The fourth-order valence-electron chi connectivity index (χ4n) is 5.92. The molecule has 0 aromatic heterocycles. The van der Waals surface area contributed by atoms with Crippen molar-refractivity contribution in [2.75, 3.05) is 19.7 Å². The third-order valence-electron chi connectivity index (χ3n) is 7.28. The van der Waals surface area contributed by atoms with Gasteiger partial charge in [0.25, 0.3) is 0 Å². The predicted octanol–water partition coefficient (Wildman–Crippen LogP) is 2.89. The molecule has 3 heteroatoms. The van der Waals surface area contributed by atoms with Crippen molar-refractivity contribution in [1.82, 2.24) is 4.90 Å². The van der Waals surface area contributed by atoms with Gasteiger partial charge in [0, 0.05) is 24.7 Å². The zero-order valence-electron chi connectivity index (χ0n) is 14.8. The Morgan fingerprint density at radius 3 is 2.96 bits per heavy atom. The van der Waals surface area contributed by atoms with Gasteiger partial charge in [0.1, 0.15) is 11.9 Å². The number of aryl methyl sites for hydroxylation is 1. The molecule has 1 aromatic carbocycles. The van der Waals surface area contributed by atoms with Crippen molar-refractivity contribution in [3.63, 3.8) is 0 Å². The van der Waals surface area contributed by atoms with Crippen molar-refractivity contribution in [3.8, 4) is 5.75 Å². The van der Waals surface area contributed by atoms with Gasteiger partial charge in [-0.3, -0.25) is 4.90 Å². The van der Waals surface area contributed by atoms with Crippen molar-refractivity contribution in [3.05, 3.63) is 52.1 Å². The summed E-state index contributed by atoms with van der Waals surface area (Å²) in [5, 5.41) is 9.95. The molecule has 0 amide bonds. The minimum absolute atomic E-state index is 0.00164. The van der Waals surface area contributed by atoms with Crippen LogP contribution in [0.5, 0.6) is 5.75 Å². The highest BCUT2D eigenvalue weighted by atomic mass is 16.5. The number of aliphatic hydroxyl groups excluding tert-OH is 1. The summed E-state index contributed by atoms with van der Waals surface area (Å²) >= 11 is 0. The summed E-state index contributed by atoms with van der Waals surface area (Å²) in [4.78, 5) is 2.74. The average molecular weight is 335 g/mol. The molecule has 0 unspecified atom stereocenters. The molecule has 3 nitrogen and oxygen atoms in total. The van der Waals surface area contributed by atoms with Crippen LogP contribution in [-0.2, 0) is 11.8 Å². The molecule has 2 bridgehead atoms. The Labute approximate surface area is 149 Å². The number of benzene rings is 1. The topological polar surface area (TPSA) is 32.7 Å².